The Hall–Kier alpha value is -10.1. The van der Waals surface area contributed by atoms with Gasteiger partial charge in [0.15, 0.2) is 5.78 Å². The van der Waals surface area contributed by atoms with E-state index in [0.717, 1.165) is 61.5 Å². The van der Waals surface area contributed by atoms with Crippen LogP contribution in [-0.2, 0) is 42.7 Å². The zero-order chi connectivity index (χ0) is 80.3. The Labute approximate surface area is 693 Å². The van der Waals surface area contributed by atoms with Crippen LogP contribution < -0.4 is 0 Å². The Morgan fingerprint density at radius 3 is 0.421 bits per heavy atom. The molecule has 0 radical (unpaired) electrons. The molecular formula is C89H72O17S8. The molecule has 0 atom stereocenters. The molecular weight excluding hydrogens is 1600 g/mol. The van der Waals surface area contributed by atoms with E-state index in [1.165, 1.54) is 94.1 Å². The van der Waals surface area contributed by atoms with Crippen molar-refractivity contribution >= 4 is 187 Å². The SMILES string of the molecule is CCOC(=O)c1ccc(C2=C(c3ccc(C(=O)OCC)cc3)SC(=C3C(=O)C(=C4SC(c5ccc(C(=O)OCC)cc5)=C(c5ccc(C(=O)OCC)cc5)S4)C(=C4SC(c5ccc(C(=O)OCC)cc5)=C(c5ccc(C(=O)OCC)cc5)S4)C3=C3SC(c4ccc(C(=O)OCC)cc4)=C(c4ccc(C(=O)OCC)cc4)S3)S2)cc1. The first-order chi connectivity index (χ1) is 55.4. The standard InChI is InChI=1S/C89H72O17S8/c1-9-99-78(91)57-33-17-49(18-34-57)70-71(50-19-35-58(36-20-50)79(92)100-10-2)108-86(107-70)65-66(87-109-72(51-21-37-59(38-22-51)80(93)101-11-3)73(110-87)52-23-39-60(40-24-52)81(94)102-12-4)68(89-113-76(55-29-45-63(46-30-55)84(97)105-15-7)77(114-89)56-31-47-64(48-32-56)85(98)106-16-8)69(90)67(65)88-111-74(53-25-41-61(42-26-53)82(95)103-13-5)75(112-88)54-27-43-62(44-28-54)83(96)104-14-6/h17-48H,9-16H2,1-8H3. The minimum Gasteiger partial charge on any atom is -0.462 e. The van der Waals surface area contributed by atoms with E-state index in [1.807, 2.05) is 97.1 Å². The van der Waals surface area contributed by atoms with Crippen LogP contribution in [0.1, 0.15) is 183 Å². The lowest BCUT2D eigenvalue weighted by molar-refractivity contribution is -0.111. The van der Waals surface area contributed by atoms with Gasteiger partial charge in [0.05, 0.1) is 125 Å². The molecule has 0 N–H and O–H groups in total. The number of Topliss-reactive ketones (excluding diaryl/α,β-unsaturated/α-hetero) is 1. The van der Waals surface area contributed by atoms with Crippen molar-refractivity contribution in [2.24, 2.45) is 0 Å². The van der Waals surface area contributed by atoms with Crippen molar-refractivity contribution in [3.8, 4) is 0 Å². The van der Waals surface area contributed by atoms with Crippen molar-refractivity contribution in [1.29, 1.82) is 0 Å². The summed E-state index contributed by atoms with van der Waals surface area (Å²) < 4.78 is 46.1. The average Bonchev–Trinajstić information content (AvgIpc) is 1.55. The van der Waals surface area contributed by atoms with Gasteiger partial charge < -0.3 is 37.9 Å². The number of hydrogen-bond donors (Lipinski definition) is 0. The number of thioether (sulfide) groups is 8. The van der Waals surface area contributed by atoms with Gasteiger partial charge in [0.2, 0.25) is 0 Å². The molecule has 8 aromatic rings. The maximum atomic E-state index is 17.8. The molecule has 5 aliphatic rings. The molecule has 0 unspecified atom stereocenters. The number of hydrogen-bond acceptors (Lipinski definition) is 25. The fourth-order valence-electron chi connectivity index (χ4n) is 12.3. The summed E-state index contributed by atoms with van der Waals surface area (Å²) in [5.74, 6) is -4.35. The van der Waals surface area contributed by atoms with Crippen molar-refractivity contribution in [3.05, 3.63) is 322 Å². The molecule has 17 nitrogen and oxygen atoms in total. The van der Waals surface area contributed by atoms with Crippen LogP contribution in [0, 0.1) is 0 Å². The molecule has 4 heterocycles. The highest BCUT2D eigenvalue weighted by Gasteiger charge is 2.48. The first-order valence-corrected chi connectivity index (χ1v) is 43.1. The molecule has 114 heavy (non-hydrogen) atoms. The van der Waals surface area contributed by atoms with Gasteiger partial charge in [0.1, 0.15) is 0 Å². The van der Waals surface area contributed by atoms with Gasteiger partial charge in [-0.15, -0.1) is 0 Å². The molecule has 0 amide bonds. The van der Waals surface area contributed by atoms with E-state index >= 15 is 4.79 Å². The minimum absolute atomic E-state index is 0.162. The highest BCUT2D eigenvalue weighted by Crippen LogP contribution is 2.70. The summed E-state index contributed by atoms with van der Waals surface area (Å²) in [6, 6.07) is 56.9. The molecule has 1 aliphatic carbocycles. The summed E-state index contributed by atoms with van der Waals surface area (Å²) in [4.78, 5) is 131. The number of allylic oxidation sites excluding steroid dienone is 4. The number of ketones is 1. The van der Waals surface area contributed by atoms with Crippen LogP contribution in [0.15, 0.2) is 233 Å². The van der Waals surface area contributed by atoms with Crippen molar-refractivity contribution in [1.82, 2.24) is 0 Å². The second-order valence-corrected chi connectivity index (χ2v) is 34.0. The molecule has 0 saturated heterocycles. The van der Waals surface area contributed by atoms with Crippen LogP contribution in [0.5, 0.6) is 0 Å². The lowest BCUT2D eigenvalue weighted by atomic mass is 10.1. The molecule has 1 saturated carbocycles. The summed E-state index contributed by atoms with van der Waals surface area (Å²) in [5, 5.41) is 0. The van der Waals surface area contributed by atoms with Gasteiger partial charge in [-0.1, -0.05) is 191 Å². The number of ether oxygens (including phenoxy) is 8. The smallest absolute Gasteiger partial charge is 0.338 e. The van der Waals surface area contributed by atoms with Gasteiger partial charge >= 0.3 is 47.8 Å². The fourth-order valence-corrected chi connectivity index (χ4v) is 23.6. The number of benzene rings is 8. The van der Waals surface area contributed by atoms with Crippen LogP contribution in [0.3, 0.4) is 0 Å². The maximum Gasteiger partial charge on any atom is 0.338 e. The Morgan fingerprint density at radius 2 is 0.307 bits per heavy atom. The Bertz CT molecular complexity index is 4820. The highest BCUT2D eigenvalue weighted by atomic mass is 32.2. The highest BCUT2D eigenvalue weighted by molar-refractivity contribution is 8.36. The predicted molar refractivity (Wildman–Crippen MR) is 460 cm³/mol. The van der Waals surface area contributed by atoms with Gasteiger partial charge in [-0.05, 0) is 197 Å². The summed E-state index contributed by atoms with van der Waals surface area (Å²) in [6.07, 6.45) is 0. The number of carbonyl (C=O) groups is 9. The average molecular weight is 1670 g/mol. The molecule has 25 heteroatoms. The van der Waals surface area contributed by atoms with Crippen LogP contribution >= 0.6 is 94.1 Å². The summed E-state index contributed by atoms with van der Waals surface area (Å²) in [6.45, 7) is 15.2. The van der Waals surface area contributed by atoms with Gasteiger partial charge in [-0.3, -0.25) is 4.79 Å². The molecule has 4 aliphatic heterocycles. The first-order valence-electron chi connectivity index (χ1n) is 36.5. The molecule has 0 spiro atoms. The van der Waals surface area contributed by atoms with Crippen LogP contribution in [0.25, 0.3) is 39.2 Å². The second-order valence-electron chi connectivity index (χ2n) is 24.8. The van der Waals surface area contributed by atoms with E-state index < -0.39 is 47.8 Å². The zero-order valence-corrected chi connectivity index (χ0v) is 69.4. The topological polar surface area (TPSA) is 227 Å². The number of esters is 8. The van der Waals surface area contributed by atoms with E-state index in [0.29, 0.717) is 106 Å². The van der Waals surface area contributed by atoms with Crippen LogP contribution in [0.4, 0.5) is 0 Å². The fraction of sp³-hybridized carbons (Fsp3) is 0.180. The van der Waals surface area contributed by atoms with Crippen LogP contribution in [0.2, 0.25) is 0 Å². The normalized spacial score (nSPS) is 14.9. The number of carbonyl (C=O) groups excluding carboxylic acids is 9. The van der Waals surface area contributed by atoms with Gasteiger partial charge in [-0.25, -0.2) is 38.4 Å². The van der Waals surface area contributed by atoms with E-state index in [9.17, 15) is 38.4 Å². The van der Waals surface area contributed by atoms with Gasteiger partial charge in [0.25, 0.3) is 0 Å². The van der Waals surface area contributed by atoms with E-state index in [-0.39, 0.29) is 58.6 Å². The molecule has 0 bridgehead atoms. The van der Waals surface area contributed by atoms with Gasteiger partial charge in [-0.2, -0.15) is 0 Å². The van der Waals surface area contributed by atoms with Crippen molar-refractivity contribution < 1.29 is 81.0 Å². The van der Waals surface area contributed by atoms with Crippen molar-refractivity contribution in [2.45, 2.75) is 55.4 Å². The van der Waals surface area contributed by atoms with E-state index in [1.54, 1.807) is 152 Å². The first kappa shape index (κ1) is 81.9. The lowest BCUT2D eigenvalue weighted by Gasteiger charge is -2.13. The molecule has 13 rings (SSSR count). The summed E-state index contributed by atoms with van der Waals surface area (Å²) in [5.41, 5.74) is 10.1. The summed E-state index contributed by atoms with van der Waals surface area (Å²) in [7, 11) is 0. The molecule has 578 valence electrons. The Kier molecular flexibility index (Phi) is 26.9. The largest absolute Gasteiger partial charge is 0.462 e. The Morgan fingerprint density at radius 1 is 0.193 bits per heavy atom. The van der Waals surface area contributed by atoms with Crippen LogP contribution in [-0.4, -0.2) is 106 Å². The third-order valence-corrected chi connectivity index (χ3v) is 28.5. The molecule has 1 fully saturated rings. The summed E-state index contributed by atoms with van der Waals surface area (Å²) >= 11 is 11.3. The van der Waals surface area contributed by atoms with E-state index in [4.69, 9.17) is 37.9 Å². The van der Waals surface area contributed by atoms with Gasteiger partial charge in [0, 0.05) is 50.4 Å². The van der Waals surface area contributed by atoms with E-state index in [2.05, 4.69) is 0 Å². The minimum atomic E-state index is -0.501. The second kappa shape index (κ2) is 37.5. The monoisotopic (exact) mass is 1670 g/mol. The molecule has 8 aromatic carbocycles. The predicted octanol–water partition coefficient (Wildman–Crippen LogP) is 21.9. The Balaban J connectivity index is 1.12. The molecule has 0 aromatic heterocycles. The number of rotatable bonds is 24. The zero-order valence-electron chi connectivity index (χ0n) is 62.8. The van der Waals surface area contributed by atoms with Crippen molar-refractivity contribution in [2.75, 3.05) is 52.9 Å². The van der Waals surface area contributed by atoms with Crippen molar-refractivity contribution in [3.63, 3.8) is 0 Å². The third kappa shape index (κ3) is 17.7. The lowest BCUT2D eigenvalue weighted by Crippen LogP contribution is -2.04. The third-order valence-electron chi connectivity index (χ3n) is 17.7. The maximum absolute atomic E-state index is 17.8. The quantitative estimate of drug-likeness (QED) is 0.0311.